The molecular formula is C15H20N2O6. The lowest BCUT2D eigenvalue weighted by Gasteiger charge is -2.26. The molecule has 0 unspecified atom stereocenters. The van der Waals surface area contributed by atoms with Crippen LogP contribution < -0.4 is 0 Å². The first-order valence-electron chi connectivity index (χ1n) is 7.25. The van der Waals surface area contributed by atoms with Crippen LogP contribution in [0.25, 0.3) is 0 Å². The van der Waals surface area contributed by atoms with Crippen LogP contribution in [-0.4, -0.2) is 67.7 Å². The summed E-state index contributed by atoms with van der Waals surface area (Å²) in [5, 5.41) is 0. The van der Waals surface area contributed by atoms with Gasteiger partial charge in [-0.2, -0.15) is 0 Å². The van der Waals surface area contributed by atoms with Gasteiger partial charge in [0.15, 0.2) is 6.61 Å². The Morgan fingerprint density at radius 2 is 1.83 bits per heavy atom. The minimum absolute atomic E-state index is 0.151. The van der Waals surface area contributed by atoms with Crippen LogP contribution in [0.15, 0.2) is 0 Å². The number of carbonyl (C=O) groups excluding carboxylic acids is 3. The highest BCUT2D eigenvalue weighted by Crippen LogP contribution is 2.19. The van der Waals surface area contributed by atoms with Crippen molar-refractivity contribution in [3.63, 3.8) is 0 Å². The van der Waals surface area contributed by atoms with E-state index in [1.54, 1.807) is 18.7 Å². The number of aromatic nitrogens is 1. The number of methoxy groups -OCH3 is 1. The van der Waals surface area contributed by atoms with Gasteiger partial charge in [-0.25, -0.2) is 9.59 Å². The topological polar surface area (TPSA) is 97.9 Å². The van der Waals surface area contributed by atoms with E-state index >= 15 is 0 Å². The zero-order chi connectivity index (χ0) is 17.0. The molecule has 0 aliphatic carbocycles. The molecular weight excluding hydrogens is 304 g/mol. The van der Waals surface area contributed by atoms with Crippen LogP contribution >= 0.6 is 0 Å². The molecule has 1 saturated heterocycles. The van der Waals surface area contributed by atoms with Crippen LogP contribution in [-0.2, 0) is 19.0 Å². The van der Waals surface area contributed by atoms with Crippen molar-refractivity contribution in [2.45, 2.75) is 13.8 Å². The molecule has 0 spiro atoms. The first kappa shape index (κ1) is 17.0. The van der Waals surface area contributed by atoms with Gasteiger partial charge in [0.25, 0.3) is 5.91 Å². The van der Waals surface area contributed by atoms with Crippen LogP contribution in [0.1, 0.15) is 32.1 Å². The summed E-state index contributed by atoms with van der Waals surface area (Å²) in [6, 6.07) is 0. The number of H-pyrrole nitrogens is 1. The van der Waals surface area contributed by atoms with E-state index in [2.05, 4.69) is 9.72 Å². The molecule has 2 heterocycles. The minimum atomic E-state index is -0.678. The maximum absolute atomic E-state index is 12.1. The van der Waals surface area contributed by atoms with E-state index in [9.17, 15) is 14.4 Å². The van der Waals surface area contributed by atoms with Gasteiger partial charge in [0.1, 0.15) is 5.69 Å². The predicted octanol–water partition coefficient (Wildman–Crippen LogP) is 0.434. The lowest BCUT2D eigenvalue weighted by Crippen LogP contribution is -2.42. The second kappa shape index (κ2) is 7.28. The second-order valence-corrected chi connectivity index (χ2v) is 5.19. The van der Waals surface area contributed by atoms with E-state index < -0.39 is 11.9 Å². The number of nitrogens with zero attached hydrogens (tertiary/aromatic N) is 1. The molecule has 1 N–H and O–H groups in total. The van der Waals surface area contributed by atoms with Gasteiger partial charge in [0.2, 0.25) is 0 Å². The molecule has 23 heavy (non-hydrogen) atoms. The van der Waals surface area contributed by atoms with Gasteiger partial charge in [0.05, 0.1) is 25.9 Å². The number of hydrogen-bond acceptors (Lipinski definition) is 6. The molecule has 2 rings (SSSR count). The molecule has 1 aromatic rings. The summed E-state index contributed by atoms with van der Waals surface area (Å²) in [5.41, 5.74) is 1.41. The number of aromatic amines is 1. The molecule has 1 aromatic heterocycles. The quantitative estimate of drug-likeness (QED) is 0.807. The molecule has 126 valence electrons. The average molecular weight is 324 g/mol. The first-order valence-corrected chi connectivity index (χ1v) is 7.25. The standard InChI is InChI=1S/C15H20N2O6/c1-9-12(14(19)21-3)10(2)16-13(9)15(20)23-8-11(18)17-4-6-22-7-5-17/h16H,4-8H2,1-3H3. The van der Waals surface area contributed by atoms with E-state index in [0.717, 1.165) is 0 Å². The Kier molecular flexibility index (Phi) is 5.38. The maximum Gasteiger partial charge on any atom is 0.355 e. The van der Waals surface area contributed by atoms with E-state index in [1.165, 1.54) is 7.11 Å². The number of rotatable bonds is 4. The molecule has 0 bridgehead atoms. The van der Waals surface area contributed by atoms with Crippen LogP contribution in [0.2, 0.25) is 0 Å². The monoisotopic (exact) mass is 324 g/mol. The number of nitrogens with one attached hydrogen (secondary N) is 1. The van der Waals surface area contributed by atoms with Crippen molar-refractivity contribution in [2.24, 2.45) is 0 Å². The molecule has 1 amide bonds. The average Bonchev–Trinajstić information content (AvgIpc) is 2.87. The van der Waals surface area contributed by atoms with Gasteiger partial charge in [-0.1, -0.05) is 0 Å². The molecule has 1 aliphatic rings. The Balaban J connectivity index is 2.01. The summed E-state index contributed by atoms with van der Waals surface area (Å²) >= 11 is 0. The normalized spacial score (nSPS) is 14.5. The number of esters is 2. The van der Waals surface area contributed by atoms with Gasteiger partial charge >= 0.3 is 11.9 Å². The molecule has 8 heteroatoms. The van der Waals surface area contributed by atoms with Gasteiger partial charge < -0.3 is 24.1 Å². The van der Waals surface area contributed by atoms with E-state index in [1.807, 2.05) is 0 Å². The van der Waals surface area contributed by atoms with Crippen molar-refractivity contribution in [2.75, 3.05) is 40.0 Å². The second-order valence-electron chi connectivity index (χ2n) is 5.19. The molecule has 0 saturated carbocycles. The summed E-state index contributed by atoms with van der Waals surface area (Å²) in [4.78, 5) is 40.2. The SMILES string of the molecule is COC(=O)c1c(C)[nH]c(C(=O)OCC(=O)N2CCOCC2)c1C. The zero-order valence-electron chi connectivity index (χ0n) is 13.4. The van der Waals surface area contributed by atoms with Gasteiger partial charge in [0, 0.05) is 18.8 Å². The van der Waals surface area contributed by atoms with Crippen molar-refractivity contribution < 1.29 is 28.6 Å². The van der Waals surface area contributed by atoms with E-state index in [-0.39, 0.29) is 18.2 Å². The largest absolute Gasteiger partial charge is 0.465 e. The first-order chi connectivity index (χ1) is 11.0. The minimum Gasteiger partial charge on any atom is -0.465 e. The fourth-order valence-electron chi connectivity index (χ4n) is 2.47. The molecule has 8 nitrogen and oxygen atoms in total. The highest BCUT2D eigenvalue weighted by molar-refractivity contribution is 5.99. The van der Waals surface area contributed by atoms with Crippen molar-refractivity contribution in [1.82, 2.24) is 9.88 Å². The van der Waals surface area contributed by atoms with Crippen LogP contribution in [0.4, 0.5) is 0 Å². The Labute approximate surface area is 133 Å². The third kappa shape index (κ3) is 3.70. The zero-order valence-corrected chi connectivity index (χ0v) is 13.4. The van der Waals surface area contributed by atoms with Crippen molar-refractivity contribution in [3.05, 3.63) is 22.5 Å². The third-order valence-electron chi connectivity index (χ3n) is 3.72. The summed E-state index contributed by atoms with van der Waals surface area (Å²) in [6.07, 6.45) is 0. The molecule has 0 radical (unpaired) electrons. The van der Waals surface area contributed by atoms with Crippen LogP contribution in [0.5, 0.6) is 0 Å². The smallest absolute Gasteiger partial charge is 0.355 e. The molecule has 1 fully saturated rings. The van der Waals surface area contributed by atoms with Crippen LogP contribution in [0, 0.1) is 13.8 Å². The van der Waals surface area contributed by atoms with Crippen molar-refractivity contribution >= 4 is 17.8 Å². The highest BCUT2D eigenvalue weighted by atomic mass is 16.5. The number of carbonyl (C=O) groups is 3. The molecule has 1 aliphatic heterocycles. The van der Waals surface area contributed by atoms with Gasteiger partial charge in [-0.15, -0.1) is 0 Å². The van der Waals surface area contributed by atoms with Gasteiger partial charge in [-0.05, 0) is 19.4 Å². The van der Waals surface area contributed by atoms with Crippen molar-refractivity contribution in [3.8, 4) is 0 Å². The summed E-state index contributed by atoms with van der Waals surface area (Å²) < 4.78 is 14.9. The fraction of sp³-hybridized carbons (Fsp3) is 0.533. The Hall–Kier alpha value is -2.35. The molecule has 0 aromatic carbocycles. The lowest BCUT2D eigenvalue weighted by molar-refractivity contribution is -0.138. The number of aryl methyl sites for hydroxylation is 1. The van der Waals surface area contributed by atoms with Crippen LogP contribution in [0.3, 0.4) is 0 Å². The summed E-state index contributed by atoms with van der Waals surface area (Å²) in [6.45, 7) is 4.89. The summed E-state index contributed by atoms with van der Waals surface area (Å²) in [7, 11) is 1.27. The number of ether oxygens (including phenoxy) is 3. The van der Waals surface area contributed by atoms with Crippen molar-refractivity contribution in [1.29, 1.82) is 0 Å². The summed E-state index contributed by atoms with van der Waals surface area (Å²) in [5.74, 6) is -1.47. The Morgan fingerprint density at radius 3 is 2.43 bits per heavy atom. The number of amides is 1. The Morgan fingerprint density at radius 1 is 1.17 bits per heavy atom. The van der Waals surface area contributed by atoms with Gasteiger partial charge in [-0.3, -0.25) is 4.79 Å². The lowest BCUT2D eigenvalue weighted by atomic mass is 10.1. The van der Waals surface area contributed by atoms with E-state index in [4.69, 9.17) is 9.47 Å². The fourth-order valence-corrected chi connectivity index (χ4v) is 2.47. The Bertz CT molecular complexity index is 616. The third-order valence-corrected chi connectivity index (χ3v) is 3.72. The molecule has 0 atom stereocenters. The van der Waals surface area contributed by atoms with E-state index in [0.29, 0.717) is 43.1 Å². The predicted molar refractivity (Wildman–Crippen MR) is 79.3 cm³/mol. The number of hydrogen-bond donors (Lipinski definition) is 1. The number of morpholine rings is 1. The highest BCUT2D eigenvalue weighted by Gasteiger charge is 2.24. The maximum atomic E-state index is 12.1.